The van der Waals surface area contributed by atoms with Gasteiger partial charge in [0.1, 0.15) is 5.75 Å². The molecule has 0 saturated carbocycles. The molecule has 3 rings (SSSR count). The van der Waals surface area contributed by atoms with Crippen molar-refractivity contribution < 1.29 is 18.0 Å². The van der Waals surface area contributed by atoms with Gasteiger partial charge in [-0.25, -0.2) is 4.98 Å². The monoisotopic (exact) mass is 425 g/mol. The van der Waals surface area contributed by atoms with Crippen LogP contribution in [0.3, 0.4) is 0 Å². The molecule has 8 heteroatoms. The highest BCUT2D eigenvalue weighted by atomic mass is 28.4. The van der Waals surface area contributed by atoms with Gasteiger partial charge in [-0.1, -0.05) is 12.1 Å². The predicted octanol–water partition coefficient (Wildman–Crippen LogP) is 4.17. The molecule has 158 valence electrons. The lowest BCUT2D eigenvalue weighted by atomic mass is 10.2. The number of hydrogen-bond donors (Lipinski definition) is 0. The molecule has 0 aromatic carbocycles. The van der Waals surface area contributed by atoms with Crippen molar-refractivity contribution >= 4 is 8.80 Å². The maximum absolute atomic E-state index is 6.14. The van der Waals surface area contributed by atoms with Crippen LogP contribution in [-0.2, 0) is 13.3 Å². The molecule has 0 bridgehead atoms. The van der Waals surface area contributed by atoms with Crippen molar-refractivity contribution in [2.24, 2.45) is 0 Å². The Hall–Kier alpha value is -2.65. The fourth-order valence-corrected chi connectivity index (χ4v) is 5.12. The van der Waals surface area contributed by atoms with Crippen LogP contribution in [0, 0.1) is 0 Å². The first kappa shape index (κ1) is 22.0. The van der Waals surface area contributed by atoms with Crippen molar-refractivity contribution in [2.75, 3.05) is 26.1 Å². The summed E-state index contributed by atoms with van der Waals surface area (Å²) in [7, 11) is -2.95. The Morgan fingerprint density at radius 2 is 1.20 bits per heavy atom. The van der Waals surface area contributed by atoms with Gasteiger partial charge in [-0.05, 0) is 45.0 Å². The second kappa shape index (κ2) is 10.9. The quantitative estimate of drug-likeness (QED) is 0.427. The fraction of sp³-hybridized carbons (Fsp3) is 0.318. The largest absolute Gasteiger partial charge is 0.540 e. The molecular formula is C22H27N3O4Si. The van der Waals surface area contributed by atoms with Crippen LogP contribution < -0.4 is 4.74 Å². The maximum Gasteiger partial charge on any atom is 0.540 e. The van der Waals surface area contributed by atoms with E-state index in [4.69, 9.17) is 23.0 Å². The third-order valence-corrected chi connectivity index (χ3v) is 6.85. The minimum atomic E-state index is -2.95. The van der Waals surface area contributed by atoms with Gasteiger partial charge < -0.3 is 18.0 Å². The Kier molecular flexibility index (Phi) is 8.03. The molecule has 0 fully saturated rings. The minimum absolute atomic E-state index is 0.204. The van der Waals surface area contributed by atoms with E-state index in [0.29, 0.717) is 37.0 Å². The Morgan fingerprint density at radius 3 is 1.60 bits per heavy atom. The first-order chi connectivity index (χ1) is 14.7. The summed E-state index contributed by atoms with van der Waals surface area (Å²) < 4.78 is 23.8. The van der Waals surface area contributed by atoms with E-state index < -0.39 is 8.80 Å². The molecule has 0 unspecified atom stereocenters. The zero-order valence-corrected chi connectivity index (χ0v) is 18.6. The van der Waals surface area contributed by atoms with Gasteiger partial charge in [-0.3, -0.25) is 9.97 Å². The van der Waals surface area contributed by atoms with E-state index in [-0.39, 0.29) is 6.23 Å². The molecule has 0 radical (unpaired) electrons. The molecule has 0 amide bonds. The summed E-state index contributed by atoms with van der Waals surface area (Å²) in [4.78, 5) is 13.6. The van der Waals surface area contributed by atoms with E-state index in [0.717, 1.165) is 11.4 Å². The molecule has 0 N–H and O–H groups in total. The third kappa shape index (κ3) is 5.70. The van der Waals surface area contributed by atoms with Gasteiger partial charge in [0.2, 0.25) is 0 Å². The van der Waals surface area contributed by atoms with Gasteiger partial charge in [0.15, 0.2) is 6.23 Å². The van der Waals surface area contributed by atoms with Crippen molar-refractivity contribution in [1.29, 1.82) is 0 Å². The Morgan fingerprint density at radius 1 is 0.700 bits per heavy atom. The Balaban J connectivity index is 1.95. The maximum atomic E-state index is 6.14. The number of pyridine rings is 3. The summed E-state index contributed by atoms with van der Waals surface area (Å²) in [5.41, 5.74) is 2.90. The van der Waals surface area contributed by atoms with Gasteiger partial charge >= 0.3 is 8.80 Å². The van der Waals surface area contributed by atoms with E-state index in [2.05, 4.69) is 9.97 Å². The highest BCUT2D eigenvalue weighted by Crippen LogP contribution is 2.27. The van der Waals surface area contributed by atoms with Crippen molar-refractivity contribution in [1.82, 2.24) is 15.0 Å². The second-order valence-electron chi connectivity index (χ2n) is 6.27. The smallest absolute Gasteiger partial charge is 0.489 e. The number of ether oxygens (including phenoxy) is 1. The van der Waals surface area contributed by atoms with Crippen LogP contribution in [0.5, 0.6) is 5.75 Å². The predicted molar refractivity (Wildman–Crippen MR) is 117 cm³/mol. The lowest BCUT2D eigenvalue weighted by Crippen LogP contribution is -2.51. The second-order valence-corrected chi connectivity index (χ2v) is 8.79. The van der Waals surface area contributed by atoms with E-state index >= 15 is 0 Å². The van der Waals surface area contributed by atoms with Crippen LogP contribution in [0.2, 0.25) is 0 Å². The van der Waals surface area contributed by atoms with Gasteiger partial charge in [-0.2, -0.15) is 0 Å². The van der Waals surface area contributed by atoms with E-state index in [9.17, 15) is 0 Å². The molecule has 0 aliphatic rings. The normalized spacial score (nSPS) is 11.4. The molecule has 0 aliphatic carbocycles. The van der Waals surface area contributed by atoms with E-state index in [1.54, 1.807) is 12.4 Å². The summed E-state index contributed by atoms with van der Waals surface area (Å²) in [6.07, 6.45) is 3.68. The van der Waals surface area contributed by atoms with Gasteiger partial charge in [0.25, 0.3) is 0 Å². The van der Waals surface area contributed by atoms with Crippen LogP contribution in [-0.4, -0.2) is 49.8 Å². The lowest BCUT2D eigenvalue weighted by Gasteiger charge is -2.28. The molecule has 0 aliphatic heterocycles. The summed E-state index contributed by atoms with van der Waals surface area (Å²) in [5.74, 6) is 0.627. The summed E-state index contributed by atoms with van der Waals surface area (Å²) in [6.45, 7) is 7.23. The summed E-state index contributed by atoms with van der Waals surface area (Å²) in [6, 6.07) is 15.1. The summed E-state index contributed by atoms with van der Waals surface area (Å²) in [5, 5.41) is 0. The Labute approximate surface area is 178 Å². The number of rotatable bonds is 11. The van der Waals surface area contributed by atoms with Gasteiger partial charge in [-0.15, -0.1) is 0 Å². The molecule has 3 aromatic heterocycles. The number of aromatic nitrogens is 3. The van der Waals surface area contributed by atoms with Crippen LogP contribution in [0.4, 0.5) is 0 Å². The van der Waals surface area contributed by atoms with E-state index in [1.807, 2.05) is 69.3 Å². The van der Waals surface area contributed by atoms with Crippen LogP contribution in [0.15, 0.2) is 60.9 Å². The molecule has 0 spiro atoms. The van der Waals surface area contributed by atoms with Crippen molar-refractivity contribution in [3.63, 3.8) is 0 Å². The Bertz CT molecular complexity index is 838. The molecule has 30 heavy (non-hydrogen) atoms. The molecule has 3 heterocycles. The highest BCUT2D eigenvalue weighted by Gasteiger charge is 2.42. The summed E-state index contributed by atoms with van der Waals surface area (Å²) >= 11 is 0. The van der Waals surface area contributed by atoms with Gasteiger partial charge in [0, 0.05) is 44.3 Å². The standard InChI is InChI=1S/C22H27N3O4Si/c1-4-27-30(28-5-2,29-6-3)17-26-18-15-21(19-11-7-9-13-23-19)25-22(16-18)20-12-8-10-14-24-20/h7-16H,4-6,17H2,1-3H3. The average Bonchev–Trinajstić information content (AvgIpc) is 2.79. The SMILES string of the molecule is CCO[Si](COc1cc(-c2ccccn2)nc(-c2ccccn2)c1)(OCC)OCC. The molecule has 0 atom stereocenters. The van der Waals surface area contributed by atoms with Crippen LogP contribution in [0.1, 0.15) is 20.8 Å². The zero-order valence-electron chi connectivity index (χ0n) is 17.6. The number of nitrogens with zero attached hydrogens (tertiary/aromatic N) is 3. The lowest BCUT2D eigenvalue weighted by molar-refractivity contribution is 0.0541. The molecular weight excluding hydrogens is 398 g/mol. The van der Waals surface area contributed by atoms with Gasteiger partial charge in [0.05, 0.1) is 22.8 Å². The van der Waals surface area contributed by atoms with Crippen molar-refractivity contribution in [2.45, 2.75) is 20.8 Å². The third-order valence-electron chi connectivity index (χ3n) is 4.16. The van der Waals surface area contributed by atoms with Crippen molar-refractivity contribution in [3.05, 3.63) is 60.9 Å². The van der Waals surface area contributed by atoms with E-state index in [1.165, 1.54) is 0 Å². The minimum Gasteiger partial charge on any atom is -0.489 e. The highest BCUT2D eigenvalue weighted by molar-refractivity contribution is 6.60. The average molecular weight is 426 g/mol. The first-order valence-corrected chi connectivity index (χ1v) is 12.0. The molecule has 3 aromatic rings. The fourth-order valence-electron chi connectivity index (χ4n) is 2.96. The number of hydrogen-bond acceptors (Lipinski definition) is 7. The van der Waals surface area contributed by atoms with Crippen LogP contribution >= 0.6 is 0 Å². The molecule has 7 nitrogen and oxygen atoms in total. The first-order valence-electron chi connectivity index (χ1n) is 10.1. The van der Waals surface area contributed by atoms with Crippen molar-refractivity contribution in [3.8, 4) is 28.5 Å². The topological polar surface area (TPSA) is 75.6 Å². The zero-order chi connectivity index (χ0) is 21.2. The molecule has 0 saturated heterocycles. The van der Waals surface area contributed by atoms with Crippen LogP contribution in [0.25, 0.3) is 22.8 Å².